The molecule has 1 aromatic heterocycles. The van der Waals surface area contributed by atoms with Gasteiger partial charge in [-0.05, 0) is 11.8 Å². The number of hydrogen-bond donors (Lipinski definition) is 2. The van der Waals surface area contributed by atoms with Crippen LogP contribution in [0.5, 0.6) is 0 Å². The fourth-order valence-corrected chi connectivity index (χ4v) is 1.47. The van der Waals surface area contributed by atoms with Gasteiger partial charge in [0.1, 0.15) is 11.5 Å². The Morgan fingerprint density at radius 3 is 2.79 bits per heavy atom. The average molecular weight is 266 g/mol. The topological polar surface area (TPSA) is 76.1 Å². The van der Waals surface area contributed by atoms with E-state index in [-0.39, 0.29) is 11.3 Å². The van der Waals surface area contributed by atoms with Crippen LogP contribution in [0.15, 0.2) is 12.4 Å². The van der Waals surface area contributed by atoms with Gasteiger partial charge in [-0.3, -0.25) is 9.78 Å². The van der Waals surface area contributed by atoms with E-state index in [4.69, 9.17) is 4.74 Å². The molecule has 2 N–H and O–H groups in total. The number of carbonyl (C=O) groups is 1. The van der Waals surface area contributed by atoms with Crippen LogP contribution in [0.25, 0.3) is 0 Å². The number of amides is 1. The van der Waals surface area contributed by atoms with E-state index >= 15 is 0 Å². The molecule has 19 heavy (non-hydrogen) atoms. The molecule has 1 amide bonds. The van der Waals surface area contributed by atoms with Crippen LogP contribution >= 0.6 is 0 Å². The maximum Gasteiger partial charge on any atom is 0.271 e. The number of carbonyl (C=O) groups excluding carboxylic acids is 1. The van der Waals surface area contributed by atoms with E-state index in [0.717, 1.165) is 6.42 Å². The highest BCUT2D eigenvalue weighted by Gasteiger charge is 2.19. The molecule has 1 aromatic rings. The van der Waals surface area contributed by atoms with Crippen molar-refractivity contribution >= 4 is 11.7 Å². The van der Waals surface area contributed by atoms with E-state index in [1.54, 1.807) is 20.4 Å². The molecule has 0 aromatic carbocycles. The van der Waals surface area contributed by atoms with Crippen molar-refractivity contribution in [3.8, 4) is 0 Å². The molecule has 0 radical (unpaired) electrons. The molecule has 106 valence electrons. The van der Waals surface area contributed by atoms with E-state index < -0.39 is 0 Å². The van der Waals surface area contributed by atoms with Crippen molar-refractivity contribution in [3.05, 3.63) is 18.1 Å². The summed E-state index contributed by atoms with van der Waals surface area (Å²) in [5.74, 6) is 0.362. The monoisotopic (exact) mass is 266 g/mol. The van der Waals surface area contributed by atoms with Gasteiger partial charge in [-0.15, -0.1) is 0 Å². The Morgan fingerprint density at radius 2 is 2.16 bits per heavy atom. The Morgan fingerprint density at radius 1 is 1.42 bits per heavy atom. The molecule has 0 unspecified atom stereocenters. The van der Waals surface area contributed by atoms with Gasteiger partial charge in [0.25, 0.3) is 5.91 Å². The summed E-state index contributed by atoms with van der Waals surface area (Å²) in [6.07, 6.45) is 3.91. The quantitative estimate of drug-likeness (QED) is 0.778. The molecule has 0 fully saturated rings. The van der Waals surface area contributed by atoms with Gasteiger partial charge in [-0.2, -0.15) is 0 Å². The van der Waals surface area contributed by atoms with Crippen LogP contribution < -0.4 is 10.6 Å². The molecular weight excluding hydrogens is 244 g/mol. The molecule has 0 aliphatic carbocycles. The minimum absolute atomic E-state index is 0.0142. The van der Waals surface area contributed by atoms with Gasteiger partial charge in [0.2, 0.25) is 0 Å². The van der Waals surface area contributed by atoms with Crippen molar-refractivity contribution in [2.24, 2.45) is 5.41 Å². The Hall–Kier alpha value is -1.69. The Kier molecular flexibility index (Phi) is 5.69. The number of hydrogen-bond acceptors (Lipinski definition) is 5. The molecule has 1 heterocycles. The molecule has 0 bridgehead atoms. The molecule has 0 saturated carbocycles. The Balaban J connectivity index is 2.55. The van der Waals surface area contributed by atoms with Crippen molar-refractivity contribution in [1.82, 2.24) is 15.3 Å². The average Bonchev–Trinajstić information content (AvgIpc) is 2.43. The third-order valence-electron chi connectivity index (χ3n) is 2.83. The minimum Gasteiger partial charge on any atom is -0.385 e. The first-order chi connectivity index (χ1) is 8.98. The van der Waals surface area contributed by atoms with E-state index in [1.807, 2.05) is 0 Å². The number of anilines is 1. The third-order valence-corrected chi connectivity index (χ3v) is 2.83. The highest BCUT2D eigenvalue weighted by Crippen LogP contribution is 2.18. The van der Waals surface area contributed by atoms with Crippen LogP contribution in [0.4, 0.5) is 5.82 Å². The fraction of sp³-hybridized carbons (Fsp3) is 0.615. The van der Waals surface area contributed by atoms with Gasteiger partial charge in [-0.1, -0.05) is 13.8 Å². The van der Waals surface area contributed by atoms with Crippen LogP contribution in [0.1, 0.15) is 30.8 Å². The lowest BCUT2D eigenvalue weighted by molar-refractivity contribution is 0.0915. The number of nitrogens with one attached hydrogen (secondary N) is 2. The summed E-state index contributed by atoms with van der Waals surface area (Å²) >= 11 is 0. The van der Waals surface area contributed by atoms with Crippen molar-refractivity contribution in [2.75, 3.05) is 32.6 Å². The standard InChI is InChI=1S/C13H22N4O2/c1-13(2,5-6-19-4)9-16-12(18)10-7-15-8-11(14-3)17-10/h7-8H,5-6,9H2,1-4H3,(H,14,17)(H,16,18). The first-order valence-corrected chi connectivity index (χ1v) is 6.25. The summed E-state index contributed by atoms with van der Waals surface area (Å²) in [6.45, 7) is 5.42. The van der Waals surface area contributed by atoms with Gasteiger partial charge >= 0.3 is 0 Å². The summed E-state index contributed by atoms with van der Waals surface area (Å²) in [7, 11) is 3.41. The van der Waals surface area contributed by atoms with E-state index in [9.17, 15) is 4.79 Å². The smallest absolute Gasteiger partial charge is 0.271 e. The lowest BCUT2D eigenvalue weighted by Gasteiger charge is -2.24. The number of nitrogens with zero attached hydrogens (tertiary/aromatic N) is 2. The number of rotatable bonds is 7. The summed E-state index contributed by atoms with van der Waals surface area (Å²) < 4.78 is 5.06. The van der Waals surface area contributed by atoms with Crippen LogP contribution in [0.2, 0.25) is 0 Å². The first kappa shape index (κ1) is 15.4. The SMILES string of the molecule is CNc1cncc(C(=O)NCC(C)(C)CCOC)n1. The Labute approximate surface area is 114 Å². The molecule has 0 spiro atoms. The molecule has 0 aliphatic heterocycles. The molecular formula is C13H22N4O2. The second kappa shape index (κ2) is 7.04. The summed E-state index contributed by atoms with van der Waals surface area (Å²) in [6, 6.07) is 0. The normalized spacial score (nSPS) is 11.2. The summed E-state index contributed by atoms with van der Waals surface area (Å²) in [5, 5.41) is 5.73. The predicted octanol–water partition coefficient (Wildman–Crippen LogP) is 1.31. The van der Waals surface area contributed by atoms with Crippen LogP contribution in [0, 0.1) is 5.41 Å². The second-order valence-electron chi connectivity index (χ2n) is 5.13. The highest BCUT2D eigenvalue weighted by molar-refractivity contribution is 5.92. The second-order valence-corrected chi connectivity index (χ2v) is 5.13. The van der Waals surface area contributed by atoms with Crippen LogP contribution in [-0.2, 0) is 4.74 Å². The van der Waals surface area contributed by atoms with Gasteiger partial charge in [0.05, 0.1) is 12.4 Å². The lowest BCUT2D eigenvalue weighted by atomic mass is 9.90. The fourth-order valence-electron chi connectivity index (χ4n) is 1.47. The summed E-state index contributed by atoms with van der Waals surface area (Å²) in [4.78, 5) is 20.1. The first-order valence-electron chi connectivity index (χ1n) is 6.25. The zero-order valence-electron chi connectivity index (χ0n) is 12.0. The number of methoxy groups -OCH3 is 1. The van der Waals surface area contributed by atoms with E-state index in [2.05, 4.69) is 34.4 Å². The maximum absolute atomic E-state index is 12.0. The van der Waals surface area contributed by atoms with Gasteiger partial charge in [-0.25, -0.2) is 4.98 Å². The zero-order valence-corrected chi connectivity index (χ0v) is 12.0. The molecule has 1 rings (SSSR count). The van der Waals surface area contributed by atoms with Crippen LogP contribution in [-0.4, -0.2) is 43.2 Å². The molecule has 0 saturated heterocycles. The van der Waals surface area contributed by atoms with Gasteiger partial charge in [0, 0.05) is 27.3 Å². The van der Waals surface area contributed by atoms with Gasteiger partial charge in [0.15, 0.2) is 0 Å². The predicted molar refractivity (Wildman–Crippen MR) is 74.2 cm³/mol. The van der Waals surface area contributed by atoms with Gasteiger partial charge < -0.3 is 15.4 Å². The molecule has 0 atom stereocenters. The molecule has 6 nitrogen and oxygen atoms in total. The largest absolute Gasteiger partial charge is 0.385 e. The number of aromatic nitrogens is 2. The van der Waals surface area contributed by atoms with Crippen molar-refractivity contribution < 1.29 is 9.53 Å². The van der Waals surface area contributed by atoms with Crippen molar-refractivity contribution in [2.45, 2.75) is 20.3 Å². The molecule has 0 aliphatic rings. The number of ether oxygens (including phenoxy) is 1. The van der Waals surface area contributed by atoms with Crippen LogP contribution in [0.3, 0.4) is 0 Å². The molecule has 6 heteroatoms. The van der Waals surface area contributed by atoms with Crippen molar-refractivity contribution in [1.29, 1.82) is 0 Å². The summed E-state index contributed by atoms with van der Waals surface area (Å²) in [5.41, 5.74) is 0.300. The lowest BCUT2D eigenvalue weighted by Crippen LogP contribution is -2.35. The van der Waals surface area contributed by atoms with E-state index in [1.165, 1.54) is 6.20 Å². The maximum atomic E-state index is 12.0. The zero-order chi connectivity index (χ0) is 14.3. The third kappa shape index (κ3) is 5.21. The van der Waals surface area contributed by atoms with E-state index in [0.29, 0.717) is 24.7 Å². The minimum atomic E-state index is -0.213. The van der Waals surface area contributed by atoms with Crippen molar-refractivity contribution in [3.63, 3.8) is 0 Å². The Bertz CT molecular complexity index is 421. The highest BCUT2D eigenvalue weighted by atomic mass is 16.5.